The number of rotatable bonds is 7. The molecule has 0 amide bonds. The average Bonchev–Trinajstić information content (AvgIpc) is 2.91. The van der Waals surface area contributed by atoms with Gasteiger partial charge in [0.25, 0.3) is 0 Å². The molecule has 1 atom stereocenters. The summed E-state index contributed by atoms with van der Waals surface area (Å²) in [5.41, 5.74) is 0.0842. The fourth-order valence-corrected chi connectivity index (χ4v) is 2.95. The summed E-state index contributed by atoms with van der Waals surface area (Å²) in [5.74, 6) is 0.613. The molecular formula is C15H26N2O4. The van der Waals surface area contributed by atoms with Gasteiger partial charge in [-0.25, -0.2) is 0 Å². The molecule has 0 radical (unpaired) electrons. The predicted octanol–water partition coefficient (Wildman–Crippen LogP) is 1.92. The molecule has 6 heteroatoms. The van der Waals surface area contributed by atoms with E-state index in [2.05, 4.69) is 12.0 Å². The summed E-state index contributed by atoms with van der Waals surface area (Å²) in [4.78, 5) is 0. The summed E-state index contributed by atoms with van der Waals surface area (Å²) in [6.07, 6.45) is 3.17. The van der Waals surface area contributed by atoms with Crippen molar-refractivity contribution in [3.63, 3.8) is 0 Å². The van der Waals surface area contributed by atoms with Crippen LogP contribution in [0.25, 0.3) is 0 Å². The Morgan fingerprint density at radius 3 is 2.71 bits per heavy atom. The van der Waals surface area contributed by atoms with Crippen LogP contribution in [0, 0.1) is 0 Å². The summed E-state index contributed by atoms with van der Waals surface area (Å²) in [6, 6.07) is 0. The van der Waals surface area contributed by atoms with Crippen molar-refractivity contribution < 1.29 is 19.3 Å². The molecule has 6 nitrogen and oxygen atoms in total. The highest BCUT2D eigenvalue weighted by Gasteiger charge is 2.44. The average molecular weight is 298 g/mol. The van der Waals surface area contributed by atoms with Crippen LogP contribution in [0.2, 0.25) is 0 Å². The van der Waals surface area contributed by atoms with Crippen molar-refractivity contribution in [2.45, 2.75) is 51.4 Å². The van der Waals surface area contributed by atoms with Gasteiger partial charge in [0.1, 0.15) is 17.4 Å². The molecular weight excluding hydrogens is 272 g/mol. The van der Waals surface area contributed by atoms with Crippen LogP contribution in [0.4, 0.5) is 0 Å². The molecule has 0 aliphatic carbocycles. The number of aliphatic hydroxyl groups excluding tert-OH is 1. The smallest absolute Gasteiger partial charge is 0.162 e. The van der Waals surface area contributed by atoms with E-state index in [1.165, 1.54) is 0 Å². The lowest BCUT2D eigenvalue weighted by Gasteiger charge is -2.40. The number of aliphatic hydroxyl groups is 1. The lowest BCUT2D eigenvalue weighted by atomic mass is 9.85. The molecule has 21 heavy (non-hydrogen) atoms. The van der Waals surface area contributed by atoms with Crippen molar-refractivity contribution in [2.75, 3.05) is 26.9 Å². The lowest BCUT2D eigenvalue weighted by Crippen LogP contribution is -2.45. The van der Waals surface area contributed by atoms with Gasteiger partial charge in [-0.3, -0.25) is 4.68 Å². The Bertz CT molecular complexity index is 435. The second-order valence-corrected chi connectivity index (χ2v) is 5.33. The Morgan fingerprint density at radius 2 is 2.14 bits per heavy atom. The number of aromatic nitrogens is 2. The highest BCUT2D eigenvalue weighted by molar-refractivity contribution is 5.29. The van der Waals surface area contributed by atoms with E-state index in [1.54, 1.807) is 13.3 Å². The predicted molar refractivity (Wildman–Crippen MR) is 78.4 cm³/mol. The first-order chi connectivity index (χ1) is 10.2. The van der Waals surface area contributed by atoms with Crippen LogP contribution in [0.5, 0.6) is 5.75 Å². The first-order valence-electron chi connectivity index (χ1n) is 7.68. The Hall–Kier alpha value is -1.11. The van der Waals surface area contributed by atoms with Crippen LogP contribution in [0.1, 0.15) is 44.9 Å². The maximum atomic E-state index is 11.0. The van der Waals surface area contributed by atoms with E-state index in [1.807, 2.05) is 11.6 Å². The molecule has 1 unspecified atom stereocenters. The normalized spacial score (nSPS) is 19.4. The number of hydrogen-bond acceptors (Lipinski definition) is 5. The van der Waals surface area contributed by atoms with Crippen molar-refractivity contribution in [2.24, 2.45) is 0 Å². The van der Waals surface area contributed by atoms with E-state index in [0.29, 0.717) is 44.1 Å². The van der Waals surface area contributed by atoms with E-state index in [4.69, 9.17) is 14.2 Å². The number of ether oxygens (including phenoxy) is 3. The summed E-state index contributed by atoms with van der Waals surface area (Å²) in [7, 11) is 1.60. The minimum Gasteiger partial charge on any atom is -0.493 e. The monoisotopic (exact) mass is 298 g/mol. The Kier molecular flexibility index (Phi) is 5.61. The zero-order valence-electron chi connectivity index (χ0n) is 13.2. The molecule has 1 aromatic rings. The summed E-state index contributed by atoms with van der Waals surface area (Å²) in [5, 5.41) is 15.3. The third-order valence-corrected chi connectivity index (χ3v) is 4.03. The first-order valence-corrected chi connectivity index (χ1v) is 7.68. The number of methoxy groups -OCH3 is 1. The largest absolute Gasteiger partial charge is 0.493 e. The van der Waals surface area contributed by atoms with Gasteiger partial charge in [-0.15, -0.1) is 0 Å². The molecule has 1 N–H and O–H groups in total. The number of hydrogen-bond donors (Lipinski definition) is 1. The third kappa shape index (κ3) is 3.22. The minimum absolute atomic E-state index is 0.557. The van der Waals surface area contributed by atoms with Crippen molar-refractivity contribution in [1.82, 2.24) is 9.78 Å². The molecule has 0 saturated carbocycles. The summed E-state index contributed by atoms with van der Waals surface area (Å²) in [6.45, 7) is 6.53. The molecule has 1 aliphatic heterocycles. The van der Waals surface area contributed by atoms with Crippen LogP contribution in [-0.2, 0) is 16.0 Å². The van der Waals surface area contributed by atoms with E-state index in [0.717, 1.165) is 13.0 Å². The van der Waals surface area contributed by atoms with Crippen molar-refractivity contribution in [3.05, 3.63) is 11.9 Å². The topological polar surface area (TPSA) is 65.7 Å². The number of aryl methyl sites for hydroxylation is 1. The molecule has 0 spiro atoms. The van der Waals surface area contributed by atoms with Crippen molar-refractivity contribution in [3.8, 4) is 5.75 Å². The van der Waals surface area contributed by atoms with Gasteiger partial charge in [0, 0.05) is 39.2 Å². The van der Waals surface area contributed by atoms with Gasteiger partial charge in [-0.1, -0.05) is 6.92 Å². The molecule has 1 aromatic heterocycles. The lowest BCUT2D eigenvalue weighted by molar-refractivity contribution is -0.170. The summed E-state index contributed by atoms with van der Waals surface area (Å²) < 4.78 is 18.6. The van der Waals surface area contributed by atoms with Crippen LogP contribution >= 0.6 is 0 Å². The zero-order chi connectivity index (χ0) is 15.3. The van der Waals surface area contributed by atoms with Gasteiger partial charge in [0.15, 0.2) is 5.75 Å². The van der Waals surface area contributed by atoms with Gasteiger partial charge in [0.05, 0.1) is 13.3 Å². The second-order valence-electron chi connectivity index (χ2n) is 5.33. The van der Waals surface area contributed by atoms with Crippen LogP contribution < -0.4 is 4.74 Å². The molecule has 1 aliphatic rings. The maximum absolute atomic E-state index is 11.0. The molecule has 2 rings (SSSR count). The molecule has 0 aromatic carbocycles. The Morgan fingerprint density at radius 1 is 1.43 bits per heavy atom. The fourth-order valence-electron chi connectivity index (χ4n) is 2.95. The standard InChI is InChI=1S/C15H26N2O4/c1-4-8-17-13(12(19-3)11-16-17)14(18)15(21-5-2)6-9-20-10-7-15/h11,14,18H,4-10H2,1-3H3. The molecule has 1 saturated heterocycles. The Balaban J connectivity index is 2.35. The summed E-state index contributed by atoms with van der Waals surface area (Å²) >= 11 is 0. The quantitative estimate of drug-likeness (QED) is 0.833. The highest BCUT2D eigenvalue weighted by Crippen LogP contribution is 2.40. The van der Waals surface area contributed by atoms with Crippen molar-refractivity contribution in [1.29, 1.82) is 0 Å². The Labute approximate surface area is 126 Å². The fraction of sp³-hybridized carbons (Fsp3) is 0.800. The zero-order valence-corrected chi connectivity index (χ0v) is 13.2. The molecule has 120 valence electrons. The van der Waals surface area contributed by atoms with Crippen LogP contribution in [0.15, 0.2) is 6.20 Å². The highest BCUT2D eigenvalue weighted by atomic mass is 16.5. The molecule has 1 fully saturated rings. The number of nitrogens with zero attached hydrogens (tertiary/aromatic N) is 2. The molecule has 0 bridgehead atoms. The van der Waals surface area contributed by atoms with Gasteiger partial charge in [-0.05, 0) is 13.3 Å². The van der Waals surface area contributed by atoms with Crippen molar-refractivity contribution >= 4 is 0 Å². The van der Waals surface area contributed by atoms with E-state index >= 15 is 0 Å². The minimum atomic E-state index is -0.773. The van der Waals surface area contributed by atoms with Crippen LogP contribution in [0.3, 0.4) is 0 Å². The first kappa shape index (κ1) is 16.3. The van der Waals surface area contributed by atoms with E-state index < -0.39 is 11.7 Å². The maximum Gasteiger partial charge on any atom is 0.162 e. The van der Waals surface area contributed by atoms with Gasteiger partial charge in [0.2, 0.25) is 0 Å². The van der Waals surface area contributed by atoms with E-state index in [-0.39, 0.29) is 0 Å². The van der Waals surface area contributed by atoms with Gasteiger partial charge >= 0.3 is 0 Å². The SMILES string of the molecule is CCCn1ncc(OC)c1C(O)C1(OCC)CCOCC1. The van der Waals surface area contributed by atoms with Gasteiger partial charge in [-0.2, -0.15) is 5.10 Å². The van der Waals surface area contributed by atoms with Gasteiger partial charge < -0.3 is 19.3 Å². The van der Waals surface area contributed by atoms with E-state index in [9.17, 15) is 5.11 Å². The second kappa shape index (κ2) is 7.24. The van der Waals surface area contributed by atoms with Crippen LogP contribution in [-0.4, -0.2) is 47.4 Å². The third-order valence-electron chi connectivity index (χ3n) is 4.03. The molecule has 2 heterocycles.